The molecule has 84 valence electrons. The predicted octanol–water partition coefficient (Wildman–Crippen LogP) is -0.0684. The molecule has 1 aromatic heterocycles. The zero-order valence-corrected chi connectivity index (χ0v) is 8.69. The highest BCUT2D eigenvalue weighted by Gasteiger charge is 2.12. The van der Waals surface area contributed by atoms with Gasteiger partial charge < -0.3 is 19.7 Å². The van der Waals surface area contributed by atoms with E-state index in [-0.39, 0.29) is 24.8 Å². The number of carbonyl (C=O) groups excluding carboxylic acids is 1. The first-order valence-electron chi connectivity index (χ1n) is 4.54. The summed E-state index contributed by atoms with van der Waals surface area (Å²) in [6.45, 7) is 2.04. The zero-order chi connectivity index (χ0) is 11.3. The van der Waals surface area contributed by atoms with Crippen molar-refractivity contribution in [3.63, 3.8) is 0 Å². The maximum Gasteiger partial charge on any atom is 0.273 e. The van der Waals surface area contributed by atoms with Crippen molar-refractivity contribution in [1.29, 1.82) is 0 Å². The minimum absolute atomic E-state index is 0.183. The van der Waals surface area contributed by atoms with Gasteiger partial charge in [0.25, 0.3) is 5.91 Å². The molecule has 2 N–H and O–H groups in total. The van der Waals surface area contributed by atoms with Gasteiger partial charge in [-0.1, -0.05) is 5.16 Å². The van der Waals surface area contributed by atoms with E-state index in [2.05, 4.69) is 10.5 Å². The highest BCUT2D eigenvalue weighted by Crippen LogP contribution is 2.04. The Kier molecular flexibility index (Phi) is 4.26. The Balaban J connectivity index is 2.50. The molecule has 0 aliphatic rings. The van der Waals surface area contributed by atoms with Crippen LogP contribution in [0.1, 0.15) is 23.2 Å². The van der Waals surface area contributed by atoms with Gasteiger partial charge in [0.15, 0.2) is 11.5 Å². The van der Waals surface area contributed by atoms with E-state index in [1.54, 1.807) is 6.92 Å². The number of hydrogen-bond acceptors (Lipinski definition) is 5. The minimum atomic E-state index is -0.584. The average molecular weight is 214 g/mol. The van der Waals surface area contributed by atoms with Crippen LogP contribution in [0.5, 0.6) is 0 Å². The van der Waals surface area contributed by atoms with Crippen LogP contribution in [0.4, 0.5) is 0 Å². The second-order valence-electron chi connectivity index (χ2n) is 3.17. The molecule has 0 aromatic carbocycles. The summed E-state index contributed by atoms with van der Waals surface area (Å²) < 4.78 is 9.65. The highest BCUT2D eigenvalue weighted by atomic mass is 16.5. The molecule has 0 bridgehead atoms. The topological polar surface area (TPSA) is 84.6 Å². The molecule has 1 amide bonds. The normalized spacial score (nSPS) is 12.5. The summed E-state index contributed by atoms with van der Waals surface area (Å²) in [6, 6.07) is 1.50. The number of nitrogens with one attached hydrogen (secondary N) is 1. The Labute approximate surface area is 87.2 Å². The molecule has 0 unspecified atom stereocenters. The lowest BCUT2D eigenvalue weighted by Crippen LogP contribution is -2.30. The number of methoxy groups -OCH3 is 1. The number of nitrogens with zero attached hydrogens (tertiary/aromatic N) is 1. The van der Waals surface area contributed by atoms with Crippen LogP contribution in [-0.2, 0) is 11.3 Å². The molecule has 1 atom stereocenters. The standard InChI is InChI=1S/C9H14N2O4/c1-6(12)4-10-9(13)8-3-7(5-14-2)15-11-8/h3,6,12H,4-5H2,1-2H3,(H,10,13)/t6-/m0/s1. The van der Waals surface area contributed by atoms with Gasteiger partial charge in [-0.15, -0.1) is 0 Å². The van der Waals surface area contributed by atoms with Crippen molar-refractivity contribution in [2.45, 2.75) is 19.6 Å². The van der Waals surface area contributed by atoms with Gasteiger partial charge in [-0.3, -0.25) is 4.79 Å². The van der Waals surface area contributed by atoms with Gasteiger partial charge >= 0.3 is 0 Å². The van der Waals surface area contributed by atoms with Crippen molar-refractivity contribution in [1.82, 2.24) is 10.5 Å². The fourth-order valence-corrected chi connectivity index (χ4v) is 0.961. The van der Waals surface area contributed by atoms with Crippen molar-refractivity contribution < 1.29 is 19.2 Å². The first kappa shape index (κ1) is 11.7. The second kappa shape index (κ2) is 5.47. The van der Waals surface area contributed by atoms with Crippen LogP contribution in [0.2, 0.25) is 0 Å². The van der Waals surface area contributed by atoms with Crippen LogP contribution >= 0.6 is 0 Å². The molecule has 6 nitrogen and oxygen atoms in total. The van der Waals surface area contributed by atoms with Gasteiger partial charge in [0.05, 0.1) is 6.10 Å². The van der Waals surface area contributed by atoms with E-state index in [0.717, 1.165) is 0 Å². The average Bonchev–Trinajstić information content (AvgIpc) is 2.63. The molecule has 0 saturated carbocycles. The predicted molar refractivity (Wildman–Crippen MR) is 51.2 cm³/mol. The summed E-state index contributed by atoms with van der Waals surface area (Å²) in [7, 11) is 1.52. The minimum Gasteiger partial charge on any atom is -0.392 e. The van der Waals surface area contributed by atoms with Crippen molar-refractivity contribution in [2.24, 2.45) is 0 Å². The molecule has 0 spiro atoms. The quantitative estimate of drug-likeness (QED) is 0.716. The number of amides is 1. The fourth-order valence-electron chi connectivity index (χ4n) is 0.961. The third-order valence-corrected chi connectivity index (χ3v) is 1.64. The van der Waals surface area contributed by atoms with Gasteiger partial charge in [-0.2, -0.15) is 0 Å². The molecule has 1 aromatic rings. The maximum atomic E-state index is 11.4. The summed E-state index contributed by atoms with van der Waals surface area (Å²) in [5.74, 6) is 0.113. The molecular weight excluding hydrogens is 200 g/mol. The molecule has 0 aliphatic heterocycles. The number of carbonyl (C=O) groups is 1. The van der Waals surface area contributed by atoms with Crippen molar-refractivity contribution in [2.75, 3.05) is 13.7 Å². The molecule has 1 rings (SSSR count). The van der Waals surface area contributed by atoms with Crippen LogP contribution in [-0.4, -0.2) is 35.9 Å². The molecule has 0 saturated heterocycles. The largest absolute Gasteiger partial charge is 0.392 e. The Bertz CT molecular complexity index is 322. The Hall–Kier alpha value is -1.40. The number of rotatable bonds is 5. The Morgan fingerprint density at radius 1 is 1.80 bits per heavy atom. The number of aliphatic hydroxyl groups excluding tert-OH is 1. The zero-order valence-electron chi connectivity index (χ0n) is 8.69. The SMILES string of the molecule is COCc1cc(C(=O)NC[C@H](C)O)no1. The lowest BCUT2D eigenvalue weighted by atomic mass is 10.3. The third kappa shape index (κ3) is 3.69. The summed E-state index contributed by atoms with van der Waals surface area (Å²) in [5.41, 5.74) is 0.183. The molecular formula is C9H14N2O4. The number of hydrogen-bond donors (Lipinski definition) is 2. The summed E-state index contributed by atoms with van der Waals surface area (Å²) >= 11 is 0. The molecule has 0 fully saturated rings. The van der Waals surface area contributed by atoms with Crippen LogP contribution in [0.25, 0.3) is 0 Å². The van der Waals surface area contributed by atoms with Crippen molar-refractivity contribution >= 4 is 5.91 Å². The van der Waals surface area contributed by atoms with E-state index in [1.807, 2.05) is 0 Å². The van der Waals surface area contributed by atoms with Gasteiger partial charge in [0.1, 0.15) is 6.61 Å². The smallest absolute Gasteiger partial charge is 0.273 e. The lowest BCUT2D eigenvalue weighted by molar-refractivity contribution is 0.0914. The number of aliphatic hydroxyl groups is 1. The van der Waals surface area contributed by atoms with E-state index < -0.39 is 6.10 Å². The van der Waals surface area contributed by atoms with E-state index in [0.29, 0.717) is 5.76 Å². The van der Waals surface area contributed by atoms with Crippen molar-refractivity contribution in [3.8, 4) is 0 Å². The van der Waals surface area contributed by atoms with Gasteiger partial charge in [0.2, 0.25) is 0 Å². The molecule has 15 heavy (non-hydrogen) atoms. The number of aromatic nitrogens is 1. The van der Waals surface area contributed by atoms with E-state index in [4.69, 9.17) is 14.4 Å². The van der Waals surface area contributed by atoms with Gasteiger partial charge in [-0.25, -0.2) is 0 Å². The molecule has 0 radical (unpaired) electrons. The summed E-state index contributed by atoms with van der Waals surface area (Å²) in [5, 5.41) is 15.0. The van der Waals surface area contributed by atoms with Gasteiger partial charge in [0, 0.05) is 19.7 Å². The third-order valence-electron chi connectivity index (χ3n) is 1.64. The maximum absolute atomic E-state index is 11.4. The summed E-state index contributed by atoms with van der Waals surface area (Å²) in [4.78, 5) is 11.4. The van der Waals surface area contributed by atoms with Crippen LogP contribution in [0.3, 0.4) is 0 Å². The molecule has 6 heteroatoms. The molecule has 1 heterocycles. The fraction of sp³-hybridized carbons (Fsp3) is 0.556. The Morgan fingerprint density at radius 3 is 3.13 bits per heavy atom. The highest BCUT2D eigenvalue weighted by molar-refractivity contribution is 5.92. The van der Waals surface area contributed by atoms with Gasteiger partial charge in [-0.05, 0) is 6.92 Å². The van der Waals surface area contributed by atoms with Crippen LogP contribution in [0, 0.1) is 0 Å². The van der Waals surface area contributed by atoms with E-state index in [9.17, 15) is 4.79 Å². The monoisotopic (exact) mass is 214 g/mol. The van der Waals surface area contributed by atoms with Crippen LogP contribution < -0.4 is 5.32 Å². The first-order valence-corrected chi connectivity index (χ1v) is 4.54. The summed E-state index contributed by atoms with van der Waals surface area (Å²) in [6.07, 6.45) is -0.584. The van der Waals surface area contributed by atoms with Crippen LogP contribution in [0.15, 0.2) is 10.6 Å². The van der Waals surface area contributed by atoms with E-state index >= 15 is 0 Å². The lowest BCUT2D eigenvalue weighted by Gasteiger charge is -2.03. The molecule has 0 aliphatic carbocycles. The van der Waals surface area contributed by atoms with E-state index in [1.165, 1.54) is 13.2 Å². The Morgan fingerprint density at radius 2 is 2.53 bits per heavy atom. The number of ether oxygens (including phenoxy) is 1. The van der Waals surface area contributed by atoms with Crippen molar-refractivity contribution in [3.05, 3.63) is 17.5 Å². The first-order chi connectivity index (χ1) is 7.13. The second-order valence-corrected chi connectivity index (χ2v) is 3.17.